The quantitative estimate of drug-likeness (QED) is 0.214. The van der Waals surface area contributed by atoms with Crippen molar-refractivity contribution in [3.05, 3.63) is 28.4 Å². The molecule has 4 fully saturated rings. The van der Waals surface area contributed by atoms with E-state index in [-0.39, 0.29) is 18.3 Å². The number of esters is 1. The number of carbonyl (C=O) groups is 1. The first-order valence-electron chi connectivity index (χ1n) is 8.37. The first kappa shape index (κ1) is 20.1. The number of carbonyl (C=O) groups excluding carboxylic acids is 1. The van der Waals surface area contributed by atoms with Crippen LogP contribution in [0.5, 0.6) is 0 Å². The molecule has 1 aromatic rings. The van der Waals surface area contributed by atoms with Crippen molar-refractivity contribution < 1.29 is 22.5 Å². The number of hydrogen-bond acceptors (Lipinski definition) is 4. The summed E-state index contributed by atoms with van der Waals surface area (Å²) in [5.41, 5.74) is -0.245. The lowest BCUT2D eigenvalue weighted by Gasteiger charge is -2.59. The highest BCUT2D eigenvalue weighted by Gasteiger charge is 2.64. The van der Waals surface area contributed by atoms with Gasteiger partial charge in [-0.3, -0.25) is 4.55 Å². The highest BCUT2D eigenvalue weighted by atomic mass is 127. The lowest BCUT2D eigenvalue weighted by Crippen LogP contribution is -2.63. The van der Waals surface area contributed by atoms with Crippen LogP contribution in [0.3, 0.4) is 0 Å². The van der Waals surface area contributed by atoms with E-state index in [0.29, 0.717) is 31.2 Å². The van der Waals surface area contributed by atoms with Crippen molar-refractivity contribution in [3.63, 3.8) is 0 Å². The van der Waals surface area contributed by atoms with Gasteiger partial charge in [-0.15, -0.1) is 0 Å². The maximum atomic E-state index is 13.0. The topological polar surface area (TPSA) is 80.7 Å². The summed E-state index contributed by atoms with van der Waals surface area (Å²) < 4.78 is 41.9. The van der Waals surface area contributed by atoms with Crippen LogP contribution in [0.4, 0.5) is 0 Å². The van der Waals surface area contributed by atoms with Crippen molar-refractivity contribution in [2.75, 3.05) is 0 Å². The van der Waals surface area contributed by atoms with Crippen LogP contribution in [0.1, 0.15) is 48.9 Å². The SMILES string of the molecule is O=C(OC12CC3CC(C1)CC(S(=O)(=O)O)(C3)C2)c1cc(I)cc(I)c1I. The molecule has 1 aromatic carbocycles. The highest BCUT2D eigenvalue weighted by molar-refractivity contribution is 14.1. The summed E-state index contributed by atoms with van der Waals surface area (Å²) in [7, 11) is -4.18. The predicted octanol–water partition coefficient (Wildman–Crippen LogP) is 4.64. The average Bonchev–Trinajstić information content (AvgIpc) is 2.47. The molecule has 4 bridgehead atoms. The molecule has 0 spiro atoms. The molecular formula is C17H17I3O5S. The van der Waals surface area contributed by atoms with Gasteiger partial charge >= 0.3 is 5.97 Å². The summed E-state index contributed by atoms with van der Waals surface area (Å²) in [5, 5.41) is 0. The second-order valence-electron chi connectivity index (χ2n) is 7.94. The van der Waals surface area contributed by atoms with Gasteiger partial charge < -0.3 is 4.74 Å². The highest BCUT2D eigenvalue weighted by Crippen LogP contribution is 2.61. The molecule has 5 nitrogen and oxygen atoms in total. The number of rotatable bonds is 3. The molecule has 142 valence electrons. The normalized spacial score (nSPS) is 35.5. The van der Waals surface area contributed by atoms with Crippen molar-refractivity contribution in [1.29, 1.82) is 0 Å². The molecule has 5 rings (SSSR count). The fourth-order valence-electron chi connectivity index (χ4n) is 5.47. The van der Waals surface area contributed by atoms with Gasteiger partial charge in [0.15, 0.2) is 0 Å². The van der Waals surface area contributed by atoms with Crippen LogP contribution < -0.4 is 0 Å². The Morgan fingerprint density at radius 3 is 2.31 bits per heavy atom. The molecule has 2 atom stereocenters. The largest absolute Gasteiger partial charge is 0.455 e. The predicted molar refractivity (Wildman–Crippen MR) is 122 cm³/mol. The molecule has 2 unspecified atom stereocenters. The van der Waals surface area contributed by atoms with Gasteiger partial charge in [-0.25, -0.2) is 4.79 Å². The van der Waals surface area contributed by atoms with Gasteiger partial charge in [-0.05, 0) is 124 Å². The molecule has 1 N–H and O–H groups in total. The summed E-state index contributed by atoms with van der Waals surface area (Å²) in [6, 6.07) is 3.81. The van der Waals surface area contributed by atoms with Crippen molar-refractivity contribution >= 4 is 83.9 Å². The van der Waals surface area contributed by atoms with Crippen molar-refractivity contribution in [2.45, 2.75) is 48.9 Å². The first-order valence-corrected chi connectivity index (χ1v) is 13.1. The van der Waals surface area contributed by atoms with Gasteiger partial charge in [-0.1, -0.05) is 0 Å². The third-order valence-corrected chi connectivity index (χ3v) is 11.3. The number of hydrogen-bond donors (Lipinski definition) is 1. The first-order chi connectivity index (χ1) is 12.0. The second-order valence-corrected chi connectivity index (χ2v) is 13.2. The molecule has 9 heteroatoms. The van der Waals surface area contributed by atoms with Crippen LogP contribution in [0.25, 0.3) is 0 Å². The Labute approximate surface area is 193 Å². The Balaban J connectivity index is 1.67. The van der Waals surface area contributed by atoms with Gasteiger partial charge in [0.1, 0.15) is 10.3 Å². The second kappa shape index (κ2) is 6.66. The number of ether oxygens (including phenoxy) is 1. The summed E-state index contributed by atoms with van der Waals surface area (Å²) >= 11 is 6.52. The van der Waals surface area contributed by atoms with Crippen LogP contribution >= 0.6 is 67.8 Å². The smallest absolute Gasteiger partial charge is 0.339 e. The van der Waals surface area contributed by atoms with Gasteiger partial charge in [0.2, 0.25) is 0 Å². The maximum absolute atomic E-state index is 13.0. The molecular weight excluding hydrogens is 697 g/mol. The van der Waals surface area contributed by atoms with Gasteiger partial charge in [0.05, 0.1) is 5.56 Å². The molecule has 0 radical (unpaired) electrons. The van der Waals surface area contributed by atoms with E-state index in [9.17, 15) is 17.8 Å². The lowest BCUT2D eigenvalue weighted by molar-refractivity contribution is -0.125. The van der Waals surface area contributed by atoms with Crippen molar-refractivity contribution in [1.82, 2.24) is 0 Å². The average molecular weight is 714 g/mol. The minimum atomic E-state index is -4.18. The van der Waals surface area contributed by atoms with Crippen molar-refractivity contribution in [2.24, 2.45) is 11.8 Å². The molecule has 0 aliphatic heterocycles. The van der Waals surface area contributed by atoms with E-state index in [1.165, 1.54) is 0 Å². The zero-order valence-electron chi connectivity index (χ0n) is 13.7. The Morgan fingerprint density at radius 2 is 1.73 bits per heavy atom. The van der Waals surface area contributed by atoms with Gasteiger partial charge in [-0.2, -0.15) is 8.42 Å². The molecule has 4 aliphatic carbocycles. The van der Waals surface area contributed by atoms with Crippen LogP contribution in [0.2, 0.25) is 0 Å². The summed E-state index contributed by atoms with van der Waals surface area (Å²) in [6.07, 6.45) is 3.55. The minimum absolute atomic E-state index is 0.195. The van der Waals surface area contributed by atoms with E-state index in [0.717, 1.165) is 17.1 Å². The maximum Gasteiger partial charge on any atom is 0.339 e. The molecule has 4 saturated carbocycles. The molecule has 26 heavy (non-hydrogen) atoms. The van der Waals surface area contributed by atoms with Crippen LogP contribution in [-0.4, -0.2) is 29.3 Å². The molecule has 4 aliphatic rings. The summed E-state index contributed by atoms with van der Waals surface area (Å²) in [4.78, 5) is 13.0. The standard InChI is InChI=1S/C17H17I3O5S/c18-11-2-12(14(20)13(19)3-11)15(21)25-16-4-9-1-10(5-16)7-17(6-9,8-16)26(22,23)24/h2-3,9-10H,1,4-8H2,(H,22,23,24). The third-order valence-electron chi connectivity index (χ3n) is 6.02. The fraction of sp³-hybridized carbons (Fsp3) is 0.588. The van der Waals surface area contributed by atoms with E-state index in [1.807, 2.05) is 12.1 Å². The van der Waals surface area contributed by atoms with E-state index >= 15 is 0 Å². The zero-order chi connectivity index (χ0) is 18.9. The zero-order valence-corrected chi connectivity index (χ0v) is 21.0. The van der Waals surface area contributed by atoms with E-state index in [4.69, 9.17) is 4.74 Å². The Hall–Kier alpha value is 0.790. The molecule has 0 amide bonds. The van der Waals surface area contributed by atoms with Gasteiger partial charge in [0.25, 0.3) is 10.1 Å². The minimum Gasteiger partial charge on any atom is -0.455 e. The van der Waals surface area contributed by atoms with Gasteiger partial charge in [0, 0.05) is 17.1 Å². The fourth-order valence-corrected chi connectivity index (χ4v) is 9.19. The Morgan fingerprint density at radius 1 is 1.12 bits per heavy atom. The molecule has 0 saturated heterocycles. The monoisotopic (exact) mass is 714 g/mol. The van der Waals surface area contributed by atoms with E-state index < -0.39 is 26.4 Å². The number of halogens is 3. The number of benzene rings is 1. The molecule has 0 aromatic heterocycles. The van der Waals surface area contributed by atoms with Crippen LogP contribution in [-0.2, 0) is 14.9 Å². The summed E-state index contributed by atoms with van der Waals surface area (Å²) in [5.74, 6) is 0.000421. The Bertz CT molecular complexity index is 884. The van der Waals surface area contributed by atoms with E-state index in [2.05, 4.69) is 67.8 Å². The molecule has 0 heterocycles. The van der Waals surface area contributed by atoms with Crippen LogP contribution in [0.15, 0.2) is 12.1 Å². The Kier molecular flexibility index (Phi) is 5.14. The van der Waals surface area contributed by atoms with E-state index in [1.54, 1.807) is 0 Å². The van der Waals surface area contributed by atoms with Crippen LogP contribution in [0, 0.1) is 22.5 Å². The summed E-state index contributed by atoms with van der Waals surface area (Å²) in [6.45, 7) is 0. The third kappa shape index (κ3) is 3.34. The lowest BCUT2D eigenvalue weighted by atomic mass is 9.53. The van der Waals surface area contributed by atoms with Crippen molar-refractivity contribution in [3.8, 4) is 0 Å².